The van der Waals surface area contributed by atoms with E-state index in [1.165, 1.54) is 43.1 Å². The second-order valence-electron chi connectivity index (χ2n) is 5.94. The van der Waals surface area contributed by atoms with Crippen LogP contribution < -0.4 is 0 Å². The summed E-state index contributed by atoms with van der Waals surface area (Å²) < 4.78 is 41.5. The molecule has 1 aliphatic heterocycles. The zero-order valence-electron chi connectivity index (χ0n) is 14.0. The fraction of sp³-hybridized carbons (Fsp3) is 0.412. The molecule has 0 bridgehead atoms. The van der Waals surface area contributed by atoms with Crippen molar-refractivity contribution in [2.75, 3.05) is 18.6 Å². The maximum Gasteiger partial charge on any atom is 0.331 e. The number of hydrogen-bond donors (Lipinski definition) is 0. The van der Waals surface area contributed by atoms with Crippen LogP contribution >= 0.6 is 0 Å². The molecule has 6 nitrogen and oxygen atoms in total. The topological polar surface area (TPSA) is 80.8 Å². The summed E-state index contributed by atoms with van der Waals surface area (Å²) in [5, 5.41) is 0. The van der Waals surface area contributed by atoms with Crippen LogP contribution in [-0.4, -0.2) is 55.9 Å². The monoisotopic (exact) mass is 369 g/mol. The number of halogens is 1. The Morgan fingerprint density at radius 2 is 2.04 bits per heavy atom. The zero-order valence-corrected chi connectivity index (χ0v) is 14.8. The van der Waals surface area contributed by atoms with Gasteiger partial charge in [-0.1, -0.05) is 18.2 Å². The lowest BCUT2D eigenvalue weighted by molar-refractivity contribution is -0.155. The second kappa shape index (κ2) is 7.77. The van der Waals surface area contributed by atoms with E-state index in [1.54, 1.807) is 6.07 Å². The lowest BCUT2D eigenvalue weighted by Gasteiger charge is -2.26. The first-order chi connectivity index (χ1) is 11.7. The van der Waals surface area contributed by atoms with Crippen molar-refractivity contribution < 1.29 is 27.1 Å². The first-order valence-corrected chi connectivity index (χ1v) is 9.62. The molecule has 1 aromatic rings. The highest BCUT2D eigenvalue weighted by Gasteiger charge is 2.34. The average Bonchev–Trinajstić information content (AvgIpc) is 2.92. The Bertz CT molecular complexity index is 790. The van der Waals surface area contributed by atoms with Gasteiger partial charge in [-0.15, -0.1) is 0 Å². The summed E-state index contributed by atoms with van der Waals surface area (Å²) >= 11 is 0. The van der Waals surface area contributed by atoms with E-state index in [0.29, 0.717) is 6.42 Å². The predicted octanol–water partition coefficient (Wildman–Crippen LogP) is 1.42. The maximum atomic E-state index is 13.5. The van der Waals surface area contributed by atoms with Gasteiger partial charge in [-0.05, 0) is 25.5 Å². The van der Waals surface area contributed by atoms with E-state index in [0.717, 1.165) is 6.08 Å². The fourth-order valence-electron chi connectivity index (χ4n) is 2.58. The number of carbonyl (C=O) groups excluding carboxylic acids is 2. The summed E-state index contributed by atoms with van der Waals surface area (Å²) in [5.41, 5.74) is 0.228. The molecule has 8 heteroatoms. The molecule has 0 unspecified atom stereocenters. The second-order valence-corrected chi connectivity index (χ2v) is 8.17. The quantitative estimate of drug-likeness (QED) is 0.579. The molecule has 1 fully saturated rings. The van der Waals surface area contributed by atoms with Gasteiger partial charge in [0.1, 0.15) is 5.82 Å². The first-order valence-electron chi connectivity index (χ1n) is 7.80. The molecular formula is C17H20FNO5S. The van der Waals surface area contributed by atoms with Crippen LogP contribution in [0.3, 0.4) is 0 Å². The molecule has 0 radical (unpaired) electrons. The SMILES string of the molecule is C[C@H](OC(=O)/C=C/c1ccccc1F)C(=O)N(C)[C@H]1CCS(=O)(=O)C1. The summed E-state index contributed by atoms with van der Waals surface area (Å²) in [5.74, 6) is -1.76. The Morgan fingerprint density at radius 3 is 2.64 bits per heavy atom. The number of hydrogen-bond acceptors (Lipinski definition) is 5. The Labute approximate surface area is 146 Å². The van der Waals surface area contributed by atoms with Crippen molar-refractivity contribution in [3.63, 3.8) is 0 Å². The minimum Gasteiger partial charge on any atom is -0.449 e. The fourth-order valence-corrected chi connectivity index (χ4v) is 4.35. The molecular weight excluding hydrogens is 349 g/mol. The predicted molar refractivity (Wildman–Crippen MR) is 90.8 cm³/mol. The minimum atomic E-state index is -3.11. The summed E-state index contributed by atoms with van der Waals surface area (Å²) in [6.45, 7) is 1.41. The number of benzene rings is 1. The largest absolute Gasteiger partial charge is 0.449 e. The van der Waals surface area contributed by atoms with Crippen molar-refractivity contribution in [3.05, 3.63) is 41.7 Å². The number of rotatable bonds is 5. The van der Waals surface area contributed by atoms with Crippen LogP contribution in [0.5, 0.6) is 0 Å². The van der Waals surface area contributed by atoms with E-state index in [-0.39, 0.29) is 17.1 Å². The molecule has 25 heavy (non-hydrogen) atoms. The van der Waals surface area contributed by atoms with E-state index in [9.17, 15) is 22.4 Å². The van der Waals surface area contributed by atoms with Crippen LogP contribution in [0.2, 0.25) is 0 Å². The van der Waals surface area contributed by atoms with Gasteiger partial charge in [0.05, 0.1) is 11.5 Å². The van der Waals surface area contributed by atoms with Gasteiger partial charge in [-0.2, -0.15) is 0 Å². The summed E-state index contributed by atoms with van der Waals surface area (Å²) in [6.07, 6.45) is 1.62. The van der Waals surface area contributed by atoms with Crippen LogP contribution in [0.4, 0.5) is 4.39 Å². The van der Waals surface area contributed by atoms with E-state index < -0.39 is 39.7 Å². The number of likely N-dealkylation sites (N-methyl/N-ethyl adjacent to an activating group) is 1. The minimum absolute atomic E-state index is 0.0504. The smallest absolute Gasteiger partial charge is 0.331 e. The molecule has 0 saturated carbocycles. The third-order valence-electron chi connectivity index (χ3n) is 4.05. The Kier molecular flexibility index (Phi) is 5.94. The third kappa shape index (κ3) is 5.12. The normalized spacial score (nSPS) is 20.4. The standard InChI is InChI=1S/C17H20FNO5S/c1-12(17(21)19(2)14-9-10-25(22,23)11-14)24-16(20)8-7-13-5-3-4-6-15(13)18/h3-8,12,14H,9-11H2,1-2H3/b8-7+/t12-,14-/m0/s1. The van der Waals surface area contributed by atoms with Gasteiger partial charge in [0, 0.05) is 24.7 Å². The van der Waals surface area contributed by atoms with Crippen molar-refractivity contribution in [3.8, 4) is 0 Å². The van der Waals surface area contributed by atoms with Crippen molar-refractivity contribution in [1.29, 1.82) is 0 Å². The van der Waals surface area contributed by atoms with Crippen molar-refractivity contribution in [2.45, 2.75) is 25.5 Å². The van der Waals surface area contributed by atoms with Crippen LogP contribution in [0.1, 0.15) is 18.9 Å². The average molecular weight is 369 g/mol. The van der Waals surface area contributed by atoms with Crippen LogP contribution in [0, 0.1) is 5.82 Å². The van der Waals surface area contributed by atoms with Crippen LogP contribution in [0.15, 0.2) is 30.3 Å². The molecule has 1 aliphatic rings. The number of amides is 1. The summed E-state index contributed by atoms with van der Waals surface area (Å²) in [7, 11) is -1.62. The van der Waals surface area contributed by atoms with E-state index in [4.69, 9.17) is 4.74 Å². The van der Waals surface area contributed by atoms with E-state index in [2.05, 4.69) is 0 Å². The lowest BCUT2D eigenvalue weighted by Crippen LogP contribution is -2.44. The molecule has 0 aromatic heterocycles. The van der Waals surface area contributed by atoms with Crippen molar-refractivity contribution in [1.82, 2.24) is 4.90 Å². The zero-order chi connectivity index (χ0) is 18.6. The lowest BCUT2D eigenvalue weighted by atomic mass is 10.2. The molecule has 1 heterocycles. The van der Waals surface area contributed by atoms with Crippen molar-refractivity contribution >= 4 is 27.8 Å². The van der Waals surface area contributed by atoms with E-state index >= 15 is 0 Å². The number of sulfone groups is 1. The van der Waals surface area contributed by atoms with Gasteiger partial charge >= 0.3 is 5.97 Å². The van der Waals surface area contributed by atoms with Crippen LogP contribution in [-0.2, 0) is 24.2 Å². The van der Waals surface area contributed by atoms with E-state index in [1.807, 2.05) is 0 Å². The third-order valence-corrected chi connectivity index (χ3v) is 5.80. The number of carbonyl (C=O) groups is 2. The van der Waals surface area contributed by atoms with Gasteiger partial charge < -0.3 is 9.64 Å². The number of esters is 1. The Hall–Kier alpha value is -2.22. The molecule has 1 saturated heterocycles. The molecule has 136 valence electrons. The van der Waals surface area contributed by atoms with Gasteiger partial charge in [0.25, 0.3) is 5.91 Å². The molecule has 1 aromatic carbocycles. The summed E-state index contributed by atoms with van der Waals surface area (Å²) in [6, 6.07) is 5.52. The van der Waals surface area contributed by atoms with Crippen LogP contribution in [0.25, 0.3) is 6.08 Å². The molecule has 0 spiro atoms. The molecule has 0 N–H and O–H groups in total. The molecule has 2 rings (SSSR count). The molecule has 0 aliphatic carbocycles. The van der Waals surface area contributed by atoms with Gasteiger partial charge in [0.2, 0.25) is 0 Å². The summed E-state index contributed by atoms with van der Waals surface area (Å²) in [4.78, 5) is 25.4. The molecule has 1 amide bonds. The Balaban J connectivity index is 1.92. The highest BCUT2D eigenvalue weighted by molar-refractivity contribution is 7.91. The Morgan fingerprint density at radius 1 is 1.36 bits per heavy atom. The number of ether oxygens (including phenoxy) is 1. The van der Waals surface area contributed by atoms with Crippen molar-refractivity contribution in [2.24, 2.45) is 0 Å². The maximum absolute atomic E-state index is 13.5. The van der Waals surface area contributed by atoms with Gasteiger partial charge in [-0.3, -0.25) is 4.79 Å². The van der Waals surface area contributed by atoms with Gasteiger partial charge in [0.15, 0.2) is 15.9 Å². The number of nitrogens with zero attached hydrogens (tertiary/aromatic N) is 1. The highest BCUT2D eigenvalue weighted by Crippen LogP contribution is 2.17. The molecule has 2 atom stereocenters. The highest BCUT2D eigenvalue weighted by atomic mass is 32.2. The van der Waals surface area contributed by atoms with Gasteiger partial charge in [-0.25, -0.2) is 17.6 Å². The first kappa shape index (κ1) is 19.1.